The molecule has 1 saturated carbocycles. The Balaban J connectivity index is 2.16. The van der Waals surface area contributed by atoms with Crippen molar-refractivity contribution in [2.24, 2.45) is 5.73 Å². The van der Waals surface area contributed by atoms with Crippen LogP contribution in [0.1, 0.15) is 54.9 Å². The number of ketones is 1. The second kappa shape index (κ2) is 4.02. The highest BCUT2D eigenvalue weighted by Gasteiger charge is 2.45. The molecule has 0 aromatic heterocycles. The third-order valence-corrected chi connectivity index (χ3v) is 3.60. The first kappa shape index (κ1) is 11.3. The standard InChI is InChI=1S/C14H19NO/c1-3-10(2)11-4-6-12(7-5-11)13(16)14(15)8-9-14/h4-7,10H,3,8-9,15H2,1-2H3. The summed E-state index contributed by atoms with van der Waals surface area (Å²) >= 11 is 0. The number of benzene rings is 1. The van der Waals surface area contributed by atoms with Crippen molar-refractivity contribution in [3.05, 3.63) is 35.4 Å². The first-order chi connectivity index (χ1) is 7.57. The number of nitrogens with two attached hydrogens (primary N) is 1. The second-order valence-electron chi connectivity index (χ2n) is 4.92. The quantitative estimate of drug-likeness (QED) is 0.788. The molecule has 16 heavy (non-hydrogen) atoms. The normalized spacial score (nSPS) is 19.2. The lowest BCUT2D eigenvalue weighted by Crippen LogP contribution is -2.32. The van der Waals surface area contributed by atoms with E-state index in [2.05, 4.69) is 13.8 Å². The van der Waals surface area contributed by atoms with Gasteiger partial charge in [0.05, 0.1) is 5.54 Å². The molecule has 0 bridgehead atoms. The average Bonchev–Trinajstić information content (AvgIpc) is 3.07. The molecule has 0 heterocycles. The summed E-state index contributed by atoms with van der Waals surface area (Å²) < 4.78 is 0. The Hall–Kier alpha value is -1.15. The van der Waals surface area contributed by atoms with E-state index in [1.165, 1.54) is 5.56 Å². The summed E-state index contributed by atoms with van der Waals surface area (Å²) in [5.41, 5.74) is 7.40. The van der Waals surface area contributed by atoms with Crippen LogP contribution in [-0.2, 0) is 0 Å². The highest BCUT2D eigenvalue weighted by atomic mass is 16.1. The zero-order valence-electron chi connectivity index (χ0n) is 9.99. The Bertz CT molecular complexity index is 390. The number of Topliss-reactive ketones (excluding diaryl/α,β-unsaturated/α-hetero) is 1. The van der Waals surface area contributed by atoms with Gasteiger partial charge in [0.25, 0.3) is 0 Å². The highest BCUT2D eigenvalue weighted by molar-refractivity contribution is 6.05. The molecule has 2 N–H and O–H groups in total. The maximum absolute atomic E-state index is 12.0. The first-order valence-electron chi connectivity index (χ1n) is 6.00. The van der Waals surface area contributed by atoms with Crippen LogP contribution in [0, 0.1) is 0 Å². The maximum Gasteiger partial charge on any atom is 0.182 e. The molecule has 2 nitrogen and oxygen atoms in total. The minimum absolute atomic E-state index is 0.100. The molecule has 2 heteroatoms. The number of carbonyl (C=O) groups excluding carboxylic acids is 1. The van der Waals surface area contributed by atoms with Gasteiger partial charge in [-0.3, -0.25) is 4.79 Å². The maximum atomic E-state index is 12.0. The lowest BCUT2D eigenvalue weighted by molar-refractivity contribution is 0.0949. The Morgan fingerprint density at radius 3 is 2.38 bits per heavy atom. The van der Waals surface area contributed by atoms with Gasteiger partial charge in [-0.05, 0) is 30.7 Å². The van der Waals surface area contributed by atoms with Crippen molar-refractivity contribution >= 4 is 5.78 Å². The van der Waals surface area contributed by atoms with Gasteiger partial charge in [0.1, 0.15) is 0 Å². The fraction of sp³-hybridized carbons (Fsp3) is 0.500. The summed E-state index contributed by atoms with van der Waals surface area (Å²) in [5, 5.41) is 0. The molecule has 1 unspecified atom stereocenters. The minimum atomic E-state index is -0.544. The Labute approximate surface area is 96.8 Å². The summed E-state index contributed by atoms with van der Waals surface area (Å²) in [4.78, 5) is 12.0. The van der Waals surface area contributed by atoms with Crippen LogP contribution >= 0.6 is 0 Å². The number of carbonyl (C=O) groups is 1. The molecule has 86 valence electrons. The van der Waals surface area contributed by atoms with Gasteiger partial charge >= 0.3 is 0 Å². The van der Waals surface area contributed by atoms with Gasteiger partial charge in [0, 0.05) is 5.56 Å². The topological polar surface area (TPSA) is 43.1 Å². The van der Waals surface area contributed by atoms with Crippen LogP contribution in [0.5, 0.6) is 0 Å². The van der Waals surface area contributed by atoms with Gasteiger partial charge in [0.15, 0.2) is 5.78 Å². The molecule has 0 radical (unpaired) electrons. The monoisotopic (exact) mass is 217 g/mol. The van der Waals surface area contributed by atoms with Crippen LogP contribution in [0.2, 0.25) is 0 Å². The predicted molar refractivity (Wildman–Crippen MR) is 65.6 cm³/mol. The highest BCUT2D eigenvalue weighted by Crippen LogP contribution is 2.35. The van der Waals surface area contributed by atoms with Gasteiger partial charge in [-0.25, -0.2) is 0 Å². The third kappa shape index (κ3) is 2.03. The molecule has 2 rings (SSSR count). The minimum Gasteiger partial charge on any atom is -0.319 e. The number of rotatable bonds is 4. The SMILES string of the molecule is CCC(C)c1ccc(C(=O)C2(N)CC2)cc1. The van der Waals surface area contributed by atoms with Crippen molar-refractivity contribution in [2.75, 3.05) is 0 Å². The summed E-state index contributed by atoms with van der Waals surface area (Å²) in [5.74, 6) is 0.653. The molecule has 1 aliphatic carbocycles. The van der Waals surface area contributed by atoms with Crippen molar-refractivity contribution in [3.63, 3.8) is 0 Å². The molecule has 1 atom stereocenters. The van der Waals surface area contributed by atoms with Gasteiger partial charge in [0.2, 0.25) is 0 Å². The van der Waals surface area contributed by atoms with E-state index >= 15 is 0 Å². The molecule has 0 amide bonds. The average molecular weight is 217 g/mol. The summed E-state index contributed by atoms with van der Waals surface area (Å²) in [6, 6.07) is 7.92. The van der Waals surface area contributed by atoms with E-state index in [1.54, 1.807) is 0 Å². The van der Waals surface area contributed by atoms with Crippen LogP contribution in [-0.4, -0.2) is 11.3 Å². The van der Waals surface area contributed by atoms with Crippen LogP contribution < -0.4 is 5.73 Å². The molecule has 1 aromatic carbocycles. The van der Waals surface area contributed by atoms with E-state index in [1.807, 2.05) is 24.3 Å². The first-order valence-corrected chi connectivity index (χ1v) is 6.00. The van der Waals surface area contributed by atoms with E-state index in [9.17, 15) is 4.79 Å². The smallest absolute Gasteiger partial charge is 0.182 e. The van der Waals surface area contributed by atoms with Crippen LogP contribution in [0.4, 0.5) is 0 Å². The van der Waals surface area contributed by atoms with Crippen molar-refractivity contribution in [1.29, 1.82) is 0 Å². The summed E-state index contributed by atoms with van der Waals surface area (Å²) in [6.45, 7) is 4.37. The van der Waals surface area contributed by atoms with Crippen LogP contribution in [0.3, 0.4) is 0 Å². The van der Waals surface area contributed by atoms with Crippen molar-refractivity contribution in [3.8, 4) is 0 Å². The van der Waals surface area contributed by atoms with Gasteiger partial charge < -0.3 is 5.73 Å². The Kier molecular flexibility index (Phi) is 2.85. The van der Waals surface area contributed by atoms with Crippen LogP contribution in [0.15, 0.2) is 24.3 Å². The fourth-order valence-corrected chi connectivity index (χ4v) is 1.85. The molecule has 0 saturated heterocycles. The van der Waals surface area contributed by atoms with Crippen LogP contribution in [0.25, 0.3) is 0 Å². The second-order valence-corrected chi connectivity index (χ2v) is 4.92. The predicted octanol–water partition coefficient (Wildman–Crippen LogP) is 2.87. The zero-order valence-corrected chi connectivity index (χ0v) is 9.99. The van der Waals surface area contributed by atoms with E-state index in [0.717, 1.165) is 24.8 Å². The summed E-state index contributed by atoms with van der Waals surface area (Å²) in [7, 11) is 0. The molecule has 1 aliphatic rings. The molecular weight excluding hydrogens is 198 g/mol. The molecule has 1 aromatic rings. The van der Waals surface area contributed by atoms with E-state index in [4.69, 9.17) is 5.73 Å². The third-order valence-electron chi connectivity index (χ3n) is 3.60. The van der Waals surface area contributed by atoms with E-state index in [-0.39, 0.29) is 5.78 Å². The van der Waals surface area contributed by atoms with Crippen molar-refractivity contribution in [1.82, 2.24) is 0 Å². The van der Waals surface area contributed by atoms with Crippen molar-refractivity contribution < 1.29 is 4.79 Å². The molecular formula is C14H19NO. The molecule has 0 aliphatic heterocycles. The van der Waals surface area contributed by atoms with E-state index in [0.29, 0.717) is 5.92 Å². The number of hydrogen-bond acceptors (Lipinski definition) is 2. The van der Waals surface area contributed by atoms with Gasteiger partial charge in [-0.1, -0.05) is 38.1 Å². The zero-order chi connectivity index (χ0) is 11.8. The van der Waals surface area contributed by atoms with Gasteiger partial charge in [-0.15, -0.1) is 0 Å². The largest absolute Gasteiger partial charge is 0.319 e. The summed E-state index contributed by atoms with van der Waals surface area (Å²) in [6.07, 6.45) is 2.78. The lowest BCUT2D eigenvalue weighted by Gasteiger charge is -2.11. The lowest BCUT2D eigenvalue weighted by atomic mass is 9.95. The van der Waals surface area contributed by atoms with Gasteiger partial charge in [-0.2, -0.15) is 0 Å². The fourth-order valence-electron chi connectivity index (χ4n) is 1.85. The molecule has 1 fully saturated rings. The van der Waals surface area contributed by atoms with E-state index < -0.39 is 5.54 Å². The number of hydrogen-bond donors (Lipinski definition) is 1. The molecule has 0 spiro atoms. The van der Waals surface area contributed by atoms with Crippen molar-refractivity contribution in [2.45, 2.75) is 44.6 Å². The Morgan fingerprint density at radius 1 is 1.38 bits per heavy atom. The Morgan fingerprint density at radius 2 is 1.94 bits per heavy atom.